The van der Waals surface area contributed by atoms with E-state index in [-0.39, 0.29) is 11.9 Å². The van der Waals surface area contributed by atoms with Crippen molar-refractivity contribution in [2.24, 2.45) is 11.7 Å². The maximum absolute atomic E-state index is 11.6. The lowest BCUT2D eigenvalue weighted by atomic mass is 10.1. The van der Waals surface area contributed by atoms with Gasteiger partial charge in [-0.15, -0.1) is 0 Å². The van der Waals surface area contributed by atoms with Crippen LogP contribution in [0.15, 0.2) is 48.5 Å². The number of primary amides is 1. The highest BCUT2D eigenvalue weighted by Gasteiger charge is 2.28. The molecule has 28 heavy (non-hydrogen) atoms. The number of ether oxygens (including phenoxy) is 2. The van der Waals surface area contributed by atoms with Crippen LogP contribution in [0.1, 0.15) is 30.9 Å². The second kappa shape index (κ2) is 9.60. The molecule has 1 aliphatic rings. The Hall–Kier alpha value is -2.53. The lowest BCUT2D eigenvalue weighted by molar-refractivity contribution is -0.122. The van der Waals surface area contributed by atoms with Crippen LogP contribution in [0, 0.1) is 5.92 Å². The van der Waals surface area contributed by atoms with Gasteiger partial charge >= 0.3 is 0 Å². The van der Waals surface area contributed by atoms with Gasteiger partial charge in [0.2, 0.25) is 5.91 Å². The molecule has 0 saturated heterocycles. The van der Waals surface area contributed by atoms with Crippen molar-refractivity contribution in [1.82, 2.24) is 4.90 Å². The lowest BCUT2D eigenvalue weighted by Gasteiger charge is -2.27. The second-order valence-electron chi connectivity index (χ2n) is 7.53. The summed E-state index contributed by atoms with van der Waals surface area (Å²) in [5.74, 6) is 1.91. The molecule has 150 valence electrons. The van der Waals surface area contributed by atoms with Crippen LogP contribution in [-0.4, -0.2) is 37.0 Å². The first-order chi connectivity index (χ1) is 13.6. The number of nitrogens with two attached hydrogens (primary N) is 1. The zero-order valence-electron chi connectivity index (χ0n) is 16.8. The van der Waals surface area contributed by atoms with Gasteiger partial charge in [0.05, 0.1) is 13.2 Å². The average Bonchev–Trinajstić information content (AvgIpc) is 3.54. The predicted molar refractivity (Wildman–Crippen MR) is 110 cm³/mol. The third kappa shape index (κ3) is 5.73. The fourth-order valence-corrected chi connectivity index (χ4v) is 3.25. The number of nitrogens with zero attached hydrogens (tertiary/aromatic N) is 1. The Morgan fingerprint density at radius 1 is 1.14 bits per heavy atom. The molecule has 1 amide bonds. The van der Waals surface area contributed by atoms with Crippen molar-refractivity contribution in [3.8, 4) is 11.5 Å². The van der Waals surface area contributed by atoms with Crippen LogP contribution in [0.5, 0.6) is 11.5 Å². The van der Waals surface area contributed by atoms with Gasteiger partial charge in [-0.05, 0) is 55.4 Å². The summed E-state index contributed by atoms with van der Waals surface area (Å²) in [6.45, 7) is 4.14. The molecule has 1 atom stereocenters. The summed E-state index contributed by atoms with van der Waals surface area (Å²) in [5.41, 5.74) is 7.80. The van der Waals surface area contributed by atoms with Crippen LogP contribution >= 0.6 is 0 Å². The molecule has 1 saturated carbocycles. The fraction of sp³-hybridized carbons (Fsp3) is 0.435. The normalized spacial score (nSPS) is 14.7. The summed E-state index contributed by atoms with van der Waals surface area (Å²) in [4.78, 5) is 13.8. The topological polar surface area (TPSA) is 64.8 Å². The first-order valence-electron chi connectivity index (χ1n) is 9.94. The van der Waals surface area contributed by atoms with Gasteiger partial charge < -0.3 is 15.2 Å². The van der Waals surface area contributed by atoms with Crippen molar-refractivity contribution in [3.63, 3.8) is 0 Å². The maximum Gasteiger partial charge on any atom is 0.234 e. The van der Waals surface area contributed by atoms with Gasteiger partial charge in [-0.3, -0.25) is 9.69 Å². The molecule has 5 heteroatoms. The Kier molecular flexibility index (Phi) is 6.93. The number of methoxy groups -OCH3 is 1. The van der Waals surface area contributed by atoms with Crippen molar-refractivity contribution in [3.05, 3.63) is 59.7 Å². The molecular weight excluding hydrogens is 352 g/mol. The summed E-state index contributed by atoms with van der Waals surface area (Å²) in [6.07, 6.45) is 3.34. The standard InChI is InChI=1S/C23H30N2O3/c1-17(23(24)26)25(15-19-8-9-19)13-12-18-10-11-21(22(14-18)27-2)28-16-20-6-4-3-5-7-20/h3-7,10-11,14,17,19H,8-9,12-13,15-16H2,1-2H3,(H2,24,26). The molecule has 2 aromatic rings. The Morgan fingerprint density at radius 2 is 1.89 bits per heavy atom. The van der Waals surface area contributed by atoms with Crippen molar-refractivity contribution in [1.29, 1.82) is 0 Å². The van der Waals surface area contributed by atoms with Crippen molar-refractivity contribution in [2.45, 2.75) is 38.8 Å². The van der Waals surface area contributed by atoms with Crippen LogP contribution in [0.2, 0.25) is 0 Å². The van der Waals surface area contributed by atoms with E-state index in [2.05, 4.69) is 11.0 Å². The van der Waals surface area contributed by atoms with Crippen LogP contribution < -0.4 is 15.2 Å². The second-order valence-corrected chi connectivity index (χ2v) is 7.53. The fourth-order valence-electron chi connectivity index (χ4n) is 3.25. The molecule has 3 rings (SSSR count). The smallest absolute Gasteiger partial charge is 0.234 e. The van der Waals surface area contributed by atoms with E-state index in [0.29, 0.717) is 12.5 Å². The first kappa shape index (κ1) is 20.2. The van der Waals surface area contributed by atoms with E-state index in [9.17, 15) is 4.79 Å². The van der Waals surface area contributed by atoms with E-state index < -0.39 is 0 Å². The molecule has 0 bridgehead atoms. The van der Waals surface area contributed by atoms with E-state index in [1.54, 1.807) is 7.11 Å². The van der Waals surface area contributed by atoms with Gasteiger partial charge in [-0.25, -0.2) is 0 Å². The van der Waals surface area contributed by atoms with E-state index in [1.165, 1.54) is 12.8 Å². The number of hydrogen-bond donors (Lipinski definition) is 1. The molecule has 0 aliphatic heterocycles. The van der Waals surface area contributed by atoms with Gasteiger partial charge in [-0.2, -0.15) is 0 Å². The molecule has 0 radical (unpaired) electrons. The minimum absolute atomic E-state index is 0.240. The van der Waals surface area contributed by atoms with Crippen molar-refractivity contribution < 1.29 is 14.3 Å². The van der Waals surface area contributed by atoms with Gasteiger partial charge in [0, 0.05) is 13.1 Å². The van der Waals surface area contributed by atoms with Crippen molar-refractivity contribution >= 4 is 5.91 Å². The highest BCUT2D eigenvalue weighted by Crippen LogP contribution is 2.31. The van der Waals surface area contributed by atoms with Crippen LogP contribution in [0.4, 0.5) is 0 Å². The van der Waals surface area contributed by atoms with Crippen molar-refractivity contribution in [2.75, 3.05) is 20.2 Å². The summed E-state index contributed by atoms with van der Waals surface area (Å²) >= 11 is 0. The third-order valence-electron chi connectivity index (χ3n) is 5.30. The minimum Gasteiger partial charge on any atom is -0.493 e. The van der Waals surface area contributed by atoms with E-state index >= 15 is 0 Å². The Morgan fingerprint density at radius 3 is 2.54 bits per heavy atom. The van der Waals surface area contributed by atoms with Crippen LogP contribution in [0.3, 0.4) is 0 Å². The number of benzene rings is 2. The summed E-state index contributed by atoms with van der Waals surface area (Å²) < 4.78 is 11.5. The van der Waals surface area contributed by atoms with E-state index in [4.69, 9.17) is 15.2 Å². The number of carbonyl (C=O) groups is 1. The molecular formula is C23H30N2O3. The van der Waals surface area contributed by atoms with Gasteiger partial charge in [0.25, 0.3) is 0 Å². The molecule has 0 heterocycles. The Balaban J connectivity index is 1.61. The van der Waals surface area contributed by atoms with E-state index in [0.717, 1.165) is 42.1 Å². The molecule has 0 aromatic heterocycles. The zero-order valence-corrected chi connectivity index (χ0v) is 16.8. The molecule has 2 aromatic carbocycles. The number of carbonyl (C=O) groups excluding carboxylic acids is 1. The number of amides is 1. The molecule has 1 fully saturated rings. The highest BCUT2D eigenvalue weighted by atomic mass is 16.5. The Bertz CT molecular complexity index is 775. The monoisotopic (exact) mass is 382 g/mol. The van der Waals surface area contributed by atoms with Crippen LogP contribution in [-0.2, 0) is 17.8 Å². The summed E-state index contributed by atoms with van der Waals surface area (Å²) in [6, 6.07) is 15.9. The third-order valence-corrected chi connectivity index (χ3v) is 5.30. The predicted octanol–water partition coefficient (Wildman–Crippen LogP) is 3.40. The van der Waals surface area contributed by atoms with Gasteiger partial charge in [0.15, 0.2) is 11.5 Å². The van der Waals surface area contributed by atoms with E-state index in [1.807, 2.05) is 49.4 Å². The minimum atomic E-state index is -0.261. The largest absolute Gasteiger partial charge is 0.493 e. The molecule has 0 spiro atoms. The highest BCUT2D eigenvalue weighted by molar-refractivity contribution is 5.79. The summed E-state index contributed by atoms with van der Waals surface area (Å²) in [5, 5.41) is 0. The molecule has 1 unspecified atom stereocenters. The molecule has 2 N–H and O–H groups in total. The molecule has 5 nitrogen and oxygen atoms in total. The quantitative estimate of drug-likeness (QED) is 0.647. The maximum atomic E-state index is 11.6. The lowest BCUT2D eigenvalue weighted by Crippen LogP contribution is -2.44. The first-order valence-corrected chi connectivity index (χ1v) is 9.94. The average molecular weight is 383 g/mol. The number of rotatable bonds is 11. The zero-order chi connectivity index (χ0) is 19.9. The Labute approximate surface area is 167 Å². The summed E-state index contributed by atoms with van der Waals surface area (Å²) in [7, 11) is 1.66. The SMILES string of the molecule is COc1cc(CCN(CC2CC2)C(C)C(N)=O)ccc1OCc1ccccc1. The van der Waals surface area contributed by atoms with Gasteiger partial charge in [-0.1, -0.05) is 36.4 Å². The molecule has 1 aliphatic carbocycles. The van der Waals surface area contributed by atoms with Crippen LogP contribution in [0.25, 0.3) is 0 Å². The van der Waals surface area contributed by atoms with Gasteiger partial charge in [0.1, 0.15) is 6.61 Å². The number of hydrogen-bond acceptors (Lipinski definition) is 4.